The van der Waals surface area contributed by atoms with Crippen LogP contribution in [0.2, 0.25) is 0 Å². The molecule has 0 saturated heterocycles. The van der Waals surface area contributed by atoms with Crippen molar-refractivity contribution < 1.29 is 9.90 Å². The van der Waals surface area contributed by atoms with Crippen molar-refractivity contribution in [2.45, 2.75) is 38.6 Å². The van der Waals surface area contributed by atoms with E-state index in [1.165, 1.54) is 25.7 Å². The van der Waals surface area contributed by atoms with Gasteiger partial charge in [-0.2, -0.15) is 0 Å². The number of carbonyl (C=O) groups is 1. The van der Waals surface area contributed by atoms with Gasteiger partial charge in [-0.3, -0.25) is 4.79 Å². The fourth-order valence-electron chi connectivity index (χ4n) is 1.56. The molecule has 0 heterocycles. The van der Waals surface area contributed by atoms with Crippen molar-refractivity contribution in [2.75, 3.05) is 6.54 Å². The van der Waals surface area contributed by atoms with Crippen LogP contribution in [0.3, 0.4) is 0 Å². The zero-order valence-electron chi connectivity index (χ0n) is 7.55. The molecule has 0 radical (unpaired) electrons. The fraction of sp³-hybridized carbons (Fsp3) is 0.889. The van der Waals surface area contributed by atoms with Crippen LogP contribution in [0.4, 0.5) is 0 Å². The highest BCUT2D eigenvalue weighted by Gasteiger charge is 2.17. The highest BCUT2D eigenvalue weighted by Crippen LogP contribution is 2.17. The number of aliphatic carboxylic acids is 1. The van der Waals surface area contributed by atoms with E-state index in [2.05, 4.69) is 5.32 Å². The molecule has 3 heteroatoms. The number of carboxylic acid groups (broad SMARTS) is 1. The third-order valence-electron chi connectivity index (χ3n) is 2.49. The van der Waals surface area contributed by atoms with Gasteiger partial charge in [-0.1, -0.05) is 19.8 Å². The van der Waals surface area contributed by atoms with Gasteiger partial charge in [0.1, 0.15) is 0 Å². The molecular formula is C9H17NO2. The molecule has 12 heavy (non-hydrogen) atoms. The maximum absolute atomic E-state index is 10.5. The lowest BCUT2D eigenvalue weighted by Crippen LogP contribution is -2.33. The molecule has 0 aromatic rings. The maximum Gasteiger partial charge on any atom is 0.307 e. The van der Waals surface area contributed by atoms with Gasteiger partial charge >= 0.3 is 5.97 Å². The molecule has 0 bridgehead atoms. The van der Waals surface area contributed by atoms with Crippen molar-refractivity contribution in [1.29, 1.82) is 0 Å². The third-order valence-corrected chi connectivity index (χ3v) is 2.49. The van der Waals surface area contributed by atoms with Crippen molar-refractivity contribution in [3.05, 3.63) is 0 Å². The van der Waals surface area contributed by atoms with E-state index < -0.39 is 5.97 Å². The summed E-state index contributed by atoms with van der Waals surface area (Å²) in [7, 11) is 0. The Morgan fingerprint density at radius 3 is 2.67 bits per heavy atom. The minimum Gasteiger partial charge on any atom is -0.481 e. The van der Waals surface area contributed by atoms with Crippen molar-refractivity contribution >= 4 is 5.97 Å². The van der Waals surface area contributed by atoms with Gasteiger partial charge in [-0.25, -0.2) is 0 Å². The molecule has 3 nitrogen and oxygen atoms in total. The Balaban J connectivity index is 2.11. The SMILES string of the molecule is CC(CNC1CCCC1)C(=O)O. The molecule has 0 amide bonds. The summed E-state index contributed by atoms with van der Waals surface area (Å²) in [5.41, 5.74) is 0. The summed E-state index contributed by atoms with van der Waals surface area (Å²) < 4.78 is 0. The number of hydrogen-bond donors (Lipinski definition) is 2. The first-order valence-corrected chi connectivity index (χ1v) is 4.66. The molecule has 1 fully saturated rings. The Labute approximate surface area is 73.2 Å². The molecule has 1 unspecified atom stereocenters. The van der Waals surface area contributed by atoms with E-state index >= 15 is 0 Å². The second kappa shape index (κ2) is 4.45. The second-order valence-electron chi connectivity index (χ2n) is 3.63. The summed E-state index contributed by atoms with van der Waals surface area (Å²) in [6, 6.07) is 0.576. The molecule has 70 valence electrons. The quantitative estimate of drug-likeness (QED) is 0.669. The lowest BCUT2D eigenvalue weighted by molar-refractivity contribution is -0.140. The van der Waals surface area contributed by atoms with Gasteiger partial charge in [0, 0.05) is 12.6 Å². The van der Waals surface area contributed by atoms with Gasteiger partial charge in [0.05, 0.1) is 5.92 Å². The van der Waals surface area contributed by atoms with Crippen LogP contribution in [0.1, 0.15) is 32.6 Å². The van der Waals surface area contributed by atoms with E-state index in [9.17, 15) is 4.79 Å². The zero-order chi connectivity index (χ0) is 8.97. The predicted molar refractivity (Wildman–Crippen MR) is 47.1 cm³/mol. The van der Waals surface area contributed by atoms with Crippen molar-refractivity contribution in [3.63, 3.8) is 0 Å². The normalized spacial score (nSPS) is 21.1. The third kappa shape index (κ3) is 2.81. The van der Waals surface area contributed by atoms with E-state index in [1.807, 2.05) is 0 Å². The summed E-state index contributed by atoms with van der Waals surface area (Å²) in [6.45, 7) is 2.35. The number of carboxylic acids is 1. The molecular weight excluding hydrogens is 154 g/mol. The summed E-state index contributed by atoms with van der Waals surface area (Å²) in [5, 5.41) is 11.9. The van der Waals surface area contributed by atoms with E-state index in [-0.39, 0.29) is 5.92 Å². The largest absolute Gasteiger partial charge is 0.481 e. The van der Waals surface area contributed by atoms with E-state index in [4.69, 9.17) is 5.11 Å². The minimum atomic E-state index is -0.708. The molecule has 0 aromatic heterocycles. The Hall–Kier alpha value is -0.570. The van der Waals surface area contributed by atoms with Crippen molar-refractivity contribution in [2.24, 2.45) is 5.92 Å². The molecule has 1 atom stereocenters. The lowest BCUT2D eigenvalue weighted by Gasteiger charge is -2.13. The number of nitrogens with one attached hydrogen (secondary N) is 1. The second-order valence-corrected chi connectivity index (χ2v) is 3.63. The van der Waals surface area contributed by atoms with E-state index in [0.29, 0.717) is 12.6 Å². The fourth-order valence-corrected chi connectivity index (χ4v) is 1.56. The Bertz CT molecular complexity index is 153. The Morgan fingerprint density at radius 2 is 2.17 bits per heavy atom. The van der Waals surface area contributed by atoms with Crippen LogP contribution in [0, 0.1) is 5.92 Å². The first kappa shape index (κ1) is 9.52. The summed E-state index contributed by atoms with van der Waals surface area (Å²) >= 11 is 0. The Kier molecular flexibility index (Phi) is 3.53. The molecule has 1 saturated carbocycles. The molecule has 1 aliphatic rings. The zero-order valence-corrected chi connectivity index (χ0v) is 7.55. The van der Waals surface area contributed by atoms with Gasteiger partial charge in [-0.15, -0.1) is 0 Å². The lowest BCUT2D eigenvalue weighted by atomic mass is 10.1. The van der Waals surface area contributed by atoms with Crippen LogP contribution in [0.25, 0.3) is 0 Å². The Morgan fingerprint density at radius 1 is 1.58 bits per heavy atom. The summed E-state index contributed by atoms with van der Waals surface area (Å²) in [4.78, 5) is 10.5. The highest BCUT2D eigenvalue weighted by atomic mass is 16.4. The summed E-state index contributed by atoms with van der Waals surface area (Å²) in [5.74, 6) is -0.967. The first-order valence-electron chi connectivity index (χ1n) is 4.66. The molecule has 2 N–H and O–H groups in total. The van der Waals surface area contributed by atoms with Crippen LogP contribution < -0.4 is 5.32 Å². The molecule has 0 aliphatic heterocycles. The van der Waals surface area contributed by atoms with Gasteiger partial charge in [0.25, 0.3) is 0 Å². The number of hydrogen-bond acceptors (Lipinski definition) is 2. The van der Waals surface area contributed by atoms with Crippen LogP contribution in [-0.2, 0) is 4.79 Å². The number of rotatable bonds is 4. The smallest absolute Gasteiger partial charge is 0.307 e. The van der Waals surface area contributed by atoms with Crippen molar-refractivity contribution in [1.82, 2.24) is 5.32 Å². The molecule has 0 spiro atoms. The van der Waals surface area contributed by atoms with Gasteiger partial charge in [0.15, 0.2) is 0 Å². The molecule has 1 rings (SSSR count). The van der Waals surface area contributed by atoms with Gasteiger partial charge < -0.3 is 10.4 Å². The monoisotopic (exact) mass is 171 g/mol. The molecule has 0 aromatic carbocycles. The predicted octanol–water partition coefficient (Wildman–Crippen LogP) is 1.24. The van der Waals surface area contributed by atoms with Gasteiger partial charge in [0.2, 0.25) is 0 Å². The highest BCUT2D eigenvalue weighted by molar-refractivity contribution is 5.69. The topological polar surface area (TPSA) is 49.3 Å². The average molecular weight is 171 g/mol. The van der Waals surface area contributed by atoms with E-state index in [1.54, 1.807) is 6.92 Å². The minimum absolute atomic E-state index is 0.259. The van der Waals surface area contributed by atoms with Crippen LogP contribution >= 0.6 is 0 Å². The van der Waals surface area contributed by atoms with Crippen LogP contribution in [0.15, 0.2) is 0 Å². The van der Waals surface area contributed by atoms with Crippen molar-refractivity contribution in [3.8, 4) is 0 Å². The summed E-state index contributed by atoms with van der Waals surface area (Å²) in [6.07, 6.45) is 5.01. The average Bonchev–Trinajstić information content (AvgIpc) is 2.51. The van der Waals surface area contributed by atoms with Gasteiger partial charge in [-0.05, 0) is 12.8 Å². The maximum atomic E-state index is 10.5. The first-order chi connectivity index (χ1) is 5.70. The molecule has 1 aliphatic carbocycles. The van der Waals surface area contributed by atoms with Crippen LogP contribution in [-0.4, -0.2) is 23.7 Å². The van der Waals surface area contributed by atoms with Crippen LogP contribution in [0.5, 0.6) is 0 Å². The van der Waals surface area contributed by atoms with E-state index in [0.717, 1.165) is 0 Å². The standard InChI is InChI=1S/C9H17NO2/c1-7(9(11)12)6-10-8-4-2-3-5-8/h7-8,10H,2-6H2,1H3,(H,11,12).